The van der Waals surface area contributed by atoms with Crippen LogP contribution in [0.3, 0.4) is 0 Å². The van der Waals surface area contributed by atoms with Crippen molar-refractivity contribution in [2.75, 3.05) is 6.61 Å². The van der Waals surface area contributed by atoms with Crippen LogP contribution < -0.4 is 0 Å². The number of hydrogen-bond acceptors (Lipinski definition) is 1. The Morgan fingerprint density at radius 3 is 1.44 bits per heavy atom. The van der Waals surface area contributed by atoms with E-state index in [1.165, 1.54) is 83.5 Å². The monoisotopic (exact) mass is 256 g/mol. The maximum atomic E-state index is 9.36. The second kappa shape index (κ2) is 15.0. The average Bonchev–Trinajstić information content (AvgIpc) is 2.40. The number of aliphatic hydroxyl groups excluding tert-OH is 1. The smallest absolute Gasteiger partial charge is 0.0459 e. The molecule has 0 aromatic rings. The molecule has 0 amide bonds. The van der Waals surface area contributed by atoms with Crippen LogP contribution in [0.1, 0.15) is 97.3 Å². The lowest BCUT2D eigenvalue weighted by atomic mass is 9.95. The Morgan fingerprint density at radius 1 is 0.611 bits per heavy atom. The van der Waals surface area contributed by atoms with Crippen LogP contribution in [-0.2, 0) is 0 Å². The zero-order valence-electron chi connectivity index (χ0n) is 12.9. The molecule has 0 heterocycles. The first-order valence-corrected chi connectivity index (χ1v) is 8.46. The molecule has 0 aromatic carbocycles. The number of rotatable bonds is 14. The summed E-state index contributed by atoms with van der Waals surface area (Å²) < 4.78 is 0. The van der Waals surface area contributed by atoms with E-state index in [0.717, 1.165) is 0 Å². The third-order valence-corrected chi connectivity index (χ3v) is 3.94. The van der Waals surface area contributed by atoms with Crippen molar-refractivity contribution >= 4 is 0 Å². The zero-order chi connectivity index (χ0) is 13.5. The van der Waals surface area contributed by atoms with E-state index in [4.69, 9.17) is 0 Å². The minimum absolute atomic E-state index is 0.405. The summed E-state index contributed by atoms with van der Waals surface area (Å²) in [6.45, 7) is 4.93. The minimum atomic E-state index is 0.405. The molecule has 0 fully saturated rings. The number of aliphatic hydroxyl groups is 1. The molecule has 1 unspecified atom stereocenters. The van der Waals surface area contributed by atoms with Crippen molar-refractivity contribution in [3.63, 3.8) is 0 Å². The molecule has 0 radical (unpaired) electrons. The quantitative estimate of drug-likeness (QED) is 0.395. The fraction of sp³-hybridized carbons (Fsp3) is 1.00. The van der Waals surface area contributed by atoms with E-state index in [1.807, 2.05) is 0 Å². The molecule has 0 saturated heterocycles. The van der Waals surface area contributed by atoms with Gasteiger partial charge in [0.25, 0.3) is 0 Å². The van der Waals surface area contributed by atoms with Gasteiger partial charge >= 0.3 is 0 Å². The van der Waals surface area contributed by atoms with Crippen molar-refractivity contribution < 1.29 is 5.11 Å². The van der Waals surface area contributed by atoms with Crippen molar-refractivity contribution in [2.45, 2.75) is 97.3 Å². The van der Waals surface area contributed by atoms with Gasteiger partial charge in [-0.25, -0.2) is 0 Å². The Balaban J connectivity index is 3.27. The van der Waals surface area contributed by atoms with Gasteiger partial charge in [-0.3, -0.25) is 0 Å². The van der Waals surface area contributed by atoms with Gasteiger partial charge in [-0.05, 0) is 18.8 Å². The van der Waals surface area contributed by atoms with Crippen LogP contribution in [0.25, 0.3) is 0 Å². The molecule has 18 heavy (non-hydrogen) atoms. The third-order valence-electron chi connectivity index (χ3n) is 3.94. The lowest BCUT2D eigenvalue weighted by Gasteiger charge is -2.13. The molecule has 0 saturated carbocycles. The molecule has 0 rings (SSSR count). The van der Waals surface area contributed by atoms with Crippen molar-refractivity contribution in [2.24, 2.45) is 5.92 Å². The Morgan fingerprint density at radius 2 is 1.00 bits per heavy atom. The van der Waals surface area contributed by atoms with E-state index in [2.05, 4.69) is 13.8 Å². The summed E-state index contributed by atoms with van der Waals surface area (Å²) in [5, 5.41) is 9.36. The van der Waals surface area contributed by atoms with Crippen LogP contribution >= 0.6 is 0 Å². The molecule has 0 aromatic heterocycles. The summed E-state index contributed by atoms with van der Waals surface area (Å²) in [6.07, 6.45) is 17.5. The number of unbranched alkanes of at least 4 members (excludes halogenated alkanes) is 9. The second-order valence-electron chi connectivity index (χ2n) is 5.81. The molecule has 1 N–H and O–H groups in total. The Bertz CT molecular complexity index is 145. The molecule has 0 bridgehead atoms. The zero-order valence-corrected chi connectivity index (χ0v) is 12.9. The maximum Gasteiger partial charge on any atom is 0.0459 e. The first kappa shape index (κ1) is 18.0. The maximum absolute atomic E-state index is 9.36. The SMILES string of the molecule is CCCCCCCCCC(CO)CCCCCC. The second-order valence-corrected chi connectivity index (χ2v) is 5.81. The first-order chi connectivity index (χ1) is 8.85. The van der Waals surface area contributed by atoms with E-state index in [-0.39, 0.29) is 0 Å². The highest BCUT2D eigenvalue weighted by molar-refractivity contribution is 4.59. The van der Waals surface area contributed by atoms with Gasteiger partial charge in [0, 0.05) is 6.61 Å². The molecular formula is C17H36O. The topological polar surface area (TPSA) is 20.2 Å². The van der Waals surface area contributed by atoms with E-state index >= 15 is 0 Å². The van der Waals surface area contributed by atoms with Crippen LogP contribution in [-0.4, -0.2) is 11.7 Å². The van der Waals surface area contributed by atoms with Crippen LogP contribution in [0.5, 0.6) is 0 Å². The Labute approximate surface area is 115 Å². The normalized spacial score (nSPS) is 12.8. The van der Waals surface area contributed by atoms with E-state index in [9.17, 15) is 5.11 Å². The van der Waals surface area contributed by atoms with E-state index in [0.29, 0.717) is 12.5 Å². The Hall–Kier alpha value is -0.0400. The highest BCUT2D eigenvalue weighted by Gasteiger charge is 2.06. The van der Waals surface area contributed by atoms with E-state index in [1.54, 1.807) is 0 Å². The summed E-state index contributed by atoms with van der Waals surface area (Å²) in [5.74, 6) is 0.581. The summed E-state index contributed by atoms with van der Waals surface area (Å²) in [7, 11) is 0. The molecule has 0 aliphatic carbocycles. The predicted octanol–water partition coefficient (Wildman–Crippen LogP) is 5.71. The van der Waals surface area contributed by atoms with Crippen molar-refractivity contribution in [1.82, 2.24) is 0 Å². The molecular weight excluding hydrogens is 220 g/mol. The molecule has 0 spiro atoms. The summed E-state index contributed by atoms with van der Waals surface area (Å²) in [5.41, 5.74) is 0. The number of hydrogen-bond donors (Lipinski definition) is 1. The average molecular weight is 256 g/mol. The molecule has 1 atom stereocenters. The summed E-state index contributed by atoms with van der Waals surface area (Å²) >= 11 is 0. The van der Waals surface area contributed by atoms with Gasteiger partial charge in [0.05, 0.1) is 0 Å². The molecule has 0 aliphatic heterocycles. The Kier molecular flexibility index (Phi) is 15.0. The highest BCUT2D eigenvalue weighted by atomic mass is 16.3. The van der Waals surface area contributed by atoms with Crippen LogP contribution in [0.15, 0.2) is 0 Å². The largest absolute Gasteiger partial charge is 0.396 e. The summed E-state index contributed by atoms with van der Waals surface area (Å²) in [4.78, 5) is 0. The molecule has 1 nitrogen and oxygen atoms in total. The lowest BCUT2D eigenvalue weighted by molar-refractivity contribution is 0.204. The van der Waals surface area contributed by atoms with Crippen LogP contribution in [0, 0.1) is 5.92 Å². The fourth-order valence-corrected chi connectivity index (χ4v) is 2.58. The standard InChI is InChI=1S/C17H36O/c1-3-5-7-9-10-11-13-15-17(16-18)14-12-8-6-4-2/h17-18H,3-16H2,1-2H3. The molecule has 1 heteroatoms. The van der Waals surface area contributed by atoms with Gasteiger partial charge < -0.3 is 5.11 Å². The van der Waals surface area contributed by atoms with E-state index < -0.39 is 0 Å². The van der Waals surface area contributed by atoms with Gasteiger partial charge in [-0.2, -0.15) is 0 Å². The van der Waals surface area contributed by atoms with Gasteiger partial charge in [-0.1, -0.05) is 84.5 Å². The fourth-order valence-electron chi connectivity index (χ4n) is 2.58. The van der Waals surface area contributed by atoms with Crippen molar-refractivity contribution in [1.29, 1.82) is 0 Å². The van der Waals surface area contributed by atoms with Crippen LogP contribution in [0.4, 0.5) is 0 Å². The molecule has 110 valence electrons. The third kappa shape index (κ3) is 12.4. The molecule has 0 aliphatic rings. The first-order valence-electron chi connectivity index (χ1n) is 8.46. The minimum Gasteiger partial charge on any atom is -0.396 e. The van der Waals surface area contributed by atoms with Crippen molar-refractivity contribution in [3.05, 3.63) is 0 Å². The van der Waals surface area contributed by atoms with Gasteiger partial charge in [0.15, 0.2) is 0 Å². The van der Waals surface area contributed by atoms with Gasteiger partial charge in [0.2, 0.25) is 0 Å². The summed E-state index contributed by atoms with van der Waals surface area (Å²) in [6, 6.07) is 0. The predicted molar refractivity (Wildman–Crippen MR) is 81.9 cm³/mol. The van der Waals surface area contributed by atoms with Gasteiger partial charge in [-0.15, -0.1) is 0 Å². The lowest BCUT2D eigenvalue weighted by Crippen LogP contribution is -2.06. The highest BCUT2D eigenvalue weighted by Crippen LogP contribution is 2.18. The van der Waals surface area contributed by atoms with Gasteiger partial charge in [0.1, 0.15) is 0 Å². The van der Waals surface area contributed by atoms with Crippen molar-refractivity contribution in [3.8, 4) is 0 Å². The van der Waals surface area contributed by atoms with Crippen LogP contribution in [0.2, 0.25) is 0 Å².